The lowest BCUT2D eigenvalue weighted by Crippen LogP contribution is -2.41. The summed E-state index contributed by atoms with van der Waals surface area (Å²) >= 11 is 6.67. The van der Waals surface area contributed by atoms with Crippen LogP contribution in [0.15, 0.2) is 48.5 Å². The number of imide groups is 1. The highest BCUT2D eigenvalue weighted by molar-refractivity contribution is 7.91. The van der Waals surface area contributed by atoms with Gasteiger partial charge in [0.2, 0.25) is 0 Å². The Morgan fingerprint density at radius 3 is 2.44 bits per heavy atom. The fourth-order valence-corrected chi connectivity index (χ4v) is 6.60. The largest absolute Gasteiger partial charge is 0.268 e. The maximum absolute atomic E-state index is 13.7. The van der Waals surface area contributed by atoms with Crippen LogP contribution in [0.2, 0.25) is 5.15 Å². The normalized spacial score (nSPS) is 20.7. The molecule has 1 fully saturated rings. The van der Waals surface area contributed by atoms with Crippen LogP contribution in [-0.2, 0) is 14.6 Å². The topological polar surface area (TPSA) is 89.3 Å². The molecule has 1 aromatic heterocycles. The third-order valence-electron chi connectivity index (χ3n) is 6.26. The molecule has 1 atom stereocenters. The second-order valence-corrected chi connectivity index (χ2v) is 11.3. The van der Waals surface area contributed by atoms with Crippen molar-refractivity contribution < 1.29 is 18.0 Å². The highest BCUT2D eigenvalue weighted by Crippen LogP contribution is 2.36. The number of carbonyl (C=O) groups is 2. The molecule has 0 saturated carbocycles. The van der Waals surface area contributed by atoms with Gasteiger partial charge in [-0.25, -0.2) is 18.0 Å². The summed E-state index contributed by atoms with van der Waals surface area (Å²) < 4.78 is 25.5. The lowest BCUT2D eigenvalue weighted by molar-refractivity contribution is -0.112. The molecule has 3 heterocycles. The minimum Gasteiger partial charge on any atom is -0.268 e. The van der Waals surface area contributed by atoms with E-state index < -0.39 is 21.7 Å². The molecule has 0 radical (unpaired) electrons. The van der Waals surface area contributed by atoms with Gasteiger partial charge in [0.1, 0.15) is 5.15 Å². The van der Waals surface area contributed by atoms with Crippen molar-refractivity contribution in [2.45, 2.75) is 26.3 Å². The summed E-state index contributed by atoms with van der Waals surface area (Å²) in [6.07, 6.45) is 2.09. The zero-order valence-electron chi connectivity index (χ0n) is 18.7. The summed E-state index contributed by atoms with van der Waals surface area (Å²) in [5, 5.41) is 4.77. The average molecular weight is 496 g/mol. The molecule has 0 bridgehead atoms. The molecule has 2 amide bonds. The summed E-state index contributed by atoms with van der Waals surface area (Å²) in [7, 11) is -3.12. The Morgan fingerprint density at radius 1 is 1.03 bits per heavy atom. The number of anilines is 1. The van der Waals surface area contributed by atoms with Crippen molar-refractivity contribution in [3.63, 3.8) is 0 Å². The van der Waals surface area contributed by atoms with Crippen LogP contribution in [0.25, 0.3) is 11.6 Å². The molecule has 7 nitrogen and oxygen atoms in total. The second-order valence-electron chi connectivity index (χ2n) is 8.68. The van der Waals surface area contributed by atoms with Crippen molar-refractivity contribution in [3.8, 4) is 0 Å². The summed E-state index contributed by atoms with van der Waals surface area (Å²) in [5.41, 5.74) is 3.78. The molecule has 1 saturated heterocycles. The van der Waals surface area contributed by atoms with Crippen LogP contribution in [0.4, 0.5) is 5.69 Å². The number of rotatable bonds is 3. The van der Waals surface area contributed by atoms with E-state index in [0.717, 1.165) is 5.56 Å². The molecule has 9 heteroatoms. The molecule has 0 aliphatic carbocycles. The van der Waals surface area contributed by atoms with Gasteiger partial charge in [0.25, 0.3) is 11.8 Å². The van der Waals surface area contributed by atoms with E-state index >= 15 is 0 Å². The summed E-state index contributed by atoms with van der Waals surface area (Å²) in [6, 6.07) is 13.8. The first-order chi connectivity index (χ1) is 16.2. The molecule has 2 aliphatic heterocycles. The molecule has 3 aromatic rings. The average Bonchev–Trinajstić information content (AvgIpc) is 3.29. The van der Waals surface area contributed by atoms with Crippen LogP contribution in [0.3, 0.4) is 0 Å². The Labute approximate surface area is 202 Å². The van der Waals surface area contributed by atoms with Crippen LogP contribution in [0.5, 0.6) is 0 Å². The molecule has 0 N–H and O–H groups in total. The molecule has 0 spiro atoms. The van der Waals surface area contributed by atoms with Crippen molar-refractivity contribution in [1.29, 1.82) is 0 Å². The molecule has 2 aliphatic rings. The third-order valence-corrected chi connectivity index (χ3v) is 8.39. The van der Waals surface area contributed by atoms with Crippen LogP contribution in [0.1, 0.15) is 45.2 Å². The van der Waals surface area contributed by atoms with Crippen molar-refractivity contribution in [1.82, 2.24) is 9.78 Å². The number of sulfone groups is 1. The Kier molecular flexibility index (Phi) is 5.45. The number of halogens is 1. The number of fused-ring (bicyclic) bond motifs is 1. The van der Waals surface area contributed by atoms with E-state index in [0.29, 0.717) is 40.1 Å². The van der Waals surface area contributed by atoms with Gasteiger partial charge < -0.3 is 0 Å². The molecule has 5 rings (SSSR count). The minimum atomic E-state index is -3.12. The quantitative estimate of drug-likeness (QED) is 0.400. The Balaban J connectivity index is 1.64. The number of benzene rings is 2. The zero-order valence-corrected chi connectivity index (χ0v) is 20.2. The molecule has 34 heavy (non-hydrogen) atoms. The number of aromatic nitrogens is 2. The first-order valence-electron chi connectivity index (χ1n) is 10.9. The summed E-state index contributed by atoms with van der Waals surface area (Å²) in [6.45, 7) is 3.66. The molecule has 174 valence electrons. The smallest absolute Gasteiger partial charge is 0.265 e. The van der Waals surface area contributed by atoms with E-state index in [1.54, 1.807) is 55.5 Å². The Bertz CT molecular complexity index is 1490. The molecule has 2 aromatic carbocycles. The fraction of sp³-hybridized carbons (Fsp3) is 0.240. The third kappa shape index (κ3) is 3.76. The lowest BCUT2D eigenvalue weighted by atomic mass is 9.91. The number of hydrogen-bond acceptors (Lipinski definition) is 5. The van der Waals surface area contributed by atoms with Crippen LogP contribution in [0, 0.1) is 13.8 Å². The maximum atomic E-state index is 13.7. The van der Waals surface area contributed by atoms with E-state index in [1.165, 1.54) is 9.58 Å². The number of nitrogens with zero attached hydrogens (tertiary/aromatic N) is 3. The van der Waals surface area contributed by atoms with Crippen molar-refractivity contribution >= 4 is 50.6 Å². The van der Waals surface area contributed by atoms with Gasteiger partial charge in [-0.3, -0.25) is 9.59 Å². The highest BCUT2D eigenvalue weighted by atomic mass is 35.5. The van der Waals surface area contributed by atoms with Gasteiger partial charge in [-0.1, -0.05) is 41.9 Å². The van der Waals surface area contributed by atoms with Crippen LogP contribution < -0.4 is 4.90 Å². The van der Waals surface area contributed by atoms with E-state index in [-0.39, 0.29) is 22.7 Å². The molecular formula is C25H22ClN3O4S. The van der Waals surface area contributed by atoms with Crippen molar-refractivity contribution in [2.24, 2.45) is 0 Å². The fourth-order valence-electron chi connectivity index (χ4n) is 4.54. The van der Waals surface area contributed by atoms with Gasteiger partial charge in [0.15, 0.2) is 9.84 Å². The SMILES string of the molecule is Cc1cccc(N2C(=O)/C(=C\c3c(C)nn(C4CCS(=O)(=O)C4)c3Cl)c3ccccc3C2=O)c1. The van der Waals surface area contributed by atoms with Gasteiger partial charge >= 0.3 is 0 Å². The van der Waals surface area contributed by atoms with Gasteiger partial charge in [0, 0.05) is 16.7 Å². The number of amides is 2. The van der Waals surface area contributed by atoms with E-state index in [9.17, 15) is 18.0 Å². The zero-order chi connectivity index (χ0) is 24.2. The standard InChI is InChI=1S/C25H22ClN3O4S/c1-15-6-5-7-17(12-15)28-24(30)20-9-4-3-8-19(20)22(25(28)31)13-21-16(2)27-29(23(21)26)18-10-11-34(32,33)14-18/h3-9,12-13,18H,10-11,14H2,1-2H3/b22-13-. The first kappa shape index (κ1) is 22.6. The monoisotopic (exact) mass is 495 g/mol. The van der Waals surface area contributed by atoms with Crippen LogP contribution in [-0.4, -0.2) is 41.5 Å². The number of hydrogen-bond donors (Lipinski definition) is 0. The molecular weight excluding hydrogens is 474 g/mol. The Hall–Kier alpha value is -3.23. The van der Waals surface area contributed by atoms with E-state index in [4.69, 9.17) is 11.6 Å². The predicted molar refractivity (Wildman–Crippen MR) is 132 cm³/mol. The van der Waals surface area contributed by atoms with E-state index in [2.05, 4.69) is 5.10 Å². The maximum Gasteiger partial charge on any atom is 0.265 e. The Morgan fingerprint density at radius 2 is 1.76 bits per heavy atom. The van der Waals surface area contributed by atoms with E-state index in [1.807, 2.05) is 13.0 Å². The van der Waals surface area contributed by atoms with Crippen molar-refractivity contribution in [3.05, 3.63) is 81.6 Å². The predicted octanol–water partition coefficient (Wildman–Crippen LogP) is 4.24. The van der Waals surface area contributed by atoms with Gasteiger partial charge in [0.05, 0.1) is 28.9 Å². The number of carbonyl (C=O) groups excluding carboxylic acids is 2. The van der Waals surface area contributed by atoms with Gasteiger partial charge in [-0.05, 0) is 55.7 Å². The second kappa shape index (κ2) is 8.21. The summed E-state index contributed by atoms with van der Waals surface area (Å²) in [4.78, 5) is 28.1. The van der Waals surface area contributed by atoms with Gasteiger partial charge in [-0.15, -0.1) is 0 Å². The summed E-state index contributed by atoms with van der Waals surface area (Å²) in [5.74, 6) is -0.761. The number of aryl methyl sites for hydroxylation is 2. The highest BCUT2D eigenvalue weighted by Gasteiger charge is 2.37. The minimum absolute atomic E-state index is 0.0126. The molecule has 1 unspecified atom stereocenters. The van der Waals surface area contributed by atoms with Crippen molar-refractivity contribution in [2.75, 3.05) is 16.4 Å². The lowest BCUT2D eigenvalue weighted by Gasteiger charge is -2.29. The van der Waals surface area contributed by atoms with Crippen LogP contribution >= 0.6 is 11.6 Å². The first-order valence-corrected chi connectivity index (χ1v) is 13.1. The van der Waals surface area contributed by atoms with Gasteiger partial charge in [-0.2, -0.15) is 5.10 Å².